The average Bonchev–Trinajstić information content (AvgIpc) is 3.67. The van der Waals surface area contributed by atoms with Crippen molar-refractivity contribution in [2.75, 3.05) is 75.6 Å². The van der Waals surface area contributed by atoms with Crippen LogP contribution in [0.5, 0.6) is 0 Å². The van der Waals surface area contributed by atoms with Crippen molar-refractivity contribution in [3.8, 4) is 0 Å². The van der Waals surface area contributed by atoms with Gasteiger partial charge in [-0.15, -0.1) is 0 Å². The van der Waals surface area contributed by atoms with Crippen molar-refractivity contribution >= 4 is 79.3 Å². The van der Waals surface area contributed by atoms with Crippen LogP contribution >= 0.6 is 0 Å². The van der Waals surface area contributed by atoms with Crippen molar-refractivity contribution in [1.82, 2.24) is 5.32 Å². The summed E-state index contributed by atoms with van der Waals surface area (Å²) in [5, 5.41) is 3.63. The Hall–Kier alpha value is -4.31. The Bertz CT molecular complexity index is 3180. The average molecular weight is 1110 g/mol. The number of nitrogens with zero attached hydrogens (tertiary/aromatic N) is 2. The molecule has 0 fully saturated rings. The molecule has 7 N–H and O–H groups in total. The van der Waals surface area contributed by atoms with E-state index in [4.69, 9.17) is 19.9 Å². The molecule has 410 valence electrons. The maximum atomic E-state index is 12.9. The van der Waals surface area contributed by atoms with Gasteiger partial charge in [0.1, 0.15) is 9.79 Å². The number of hydrogen-bond acceptors (Lipinski definition) is 15. The van der Waals surface area contributed by atoms with Crippen LogP contribution in [0.15, 0.2) is 80.3 Å². The molecule has 74 heavy (non-hydrogen) atoms. The summed E-state index contributed by atoms with van der Waals surface area (Å²) in [4.78, 5) is 14.5. The number of nitrogens with two attached hydrogens (primary N) is 1. The molecule has 0 radical (unpaired) electrons. The third-order valence-electron chi connectivity index (χ3n) is 14.1. The van der Waals surface area contributed by atoms with Crippen molar-refractivity contribution < 1.29 is 70.9 Å². The van der Waals surface area contributed by atoms with Crippen LogP contribution in [0.1, 0.15) is 97.1 Å². The molecular weight excluding hydrogens is 1040 g/mol. The fraction of sp³-hybridized carbons (Fsp3) is 0.540. The van der Waals surface area contributed by atoms with Gasteiger partial charge in [0.15, 0.2) is 0 Å². The number of carbonyl (C=O) groups is 1. The van der Waals surface area contributed by atoms with Crippen molar-refractivity contribution in [2.45, 2.75) is 128 Å². The molecule has 4 aromatic rings. The predicted octanol–water partition coefficient (Wildman–Crippen LogP) is 6.43. The first-order valence-corrected chi connectivity index (χ1v) is 30.4. The zero-order chi connectivity index (χ0) is 54.4. The molecule has 2 heterocycles. The molecule has 0 aliphatic carbocycles. The van der Waals surface area contributed by atoms with Crippen molar-refractivity contribution in [3.63, 3.8) is 0 Å². The van der Waals surface area contributed by atoms with Gasteiger partial charge < -0.3 is 35.1 Å². The van der Waals surface area contributed by atoms with Crippen LogP contribution in [-0.4, -0.2) is 136 Å². The van der Waals surface area contributed by atoms with Gasteiger partial charge >= 0.3 is 0 Å². The smallest absolute Gasteiger partial charge is 0.295 e. The SMILES string of the molecule is CCN1c2ccc3c(S(=O)(=O)O)cc(S(=O)(=O)O)cc3c2C(C)(C)C1CC/C=C\CC1N(CCCCC(=O)NCCCOCCOCCOCCCN)c2ccc3c(S(=O)(=O)O)cc(S(=O)(=O)O)cc3c2C1(C)C. The number of ether oxygens (including phenoxy) is 3. The lowest BCUT2D eigenvalue weighted by atomic mass is 9.76. The summed E-state index contributed by atoms with van der Waals surface area (Å²) in [5.41, 5.74) is 6.72. The molecule has 0 aromatic heterocycles. The molecule has 2 atom stereocenters. The summed E-state index contributed by atoms with van der Waals surface area (Å²) in [6.07, 6.45) is 8.55. The van der Waals surface area contributed by atoms with Crippen molar-refractivity contribution in [1.29, 1.82) is 0 Å². The molecule has 2 aliphatic rings. The first-order chi connectivity index (χ1) is 34.6. The molecule has 0 bridgehead atoms. The molecule has 2 unspecified atom stereocenters. The van der Waals surface area contributed by atoms with Gasteiger partial charge in [-0.25, -0.2) is 0 Å². The van der Waals surface area contributed by atoms with Crippen molar-refractivity contribution in [3.05, 3.63) is 71.8 Å². The van der Waals surface area contributed by atoms with Crippen LogP contribution in [-0.2, 0) is 70.3 Å². The Morgan fingerprint density at radius 3 is 1.59 bits per heavy atom. The molecule has 1 amide bonds. The van der Waals surface area contributed by atoms with Gasteiger partial charge in [0.05, 0.1) is 36.2 Å². The van der Waals surface area contributed by atoms with E-state index >= 15 is 0 Å². The largest absolute Gasteiger partial charge is 0.379 e. The zero-order valence-electron chi connectivity index (χ0n) is 42.4. The summed E-state index contributed by atoms with van der Waals surface area (Å²) < 4.78 is 157. The monoisotopic (exact) mass is 1110 g/mol. The molecule has 2 aliphatic heterocycles. The van der Waals surface area contributed by atoms with Crippen LogP contribution in [0, 0.1) is 0 Å². The number of unbranched alkanes of at least 4 members (excludes halogenated alkanes) is 1. The van der Waals surface area contributed by atoms with E-state index in [9.17, 15) is 56.7 Å². The Morgan fingerprint density at radius 1 is 0.622 bits per heavy atom. The highest BCUT2D eigenvalue weighted by Gasteiger charge is 2.47. The number of rotatable bonds is 28. The molecule has 6 rings (SSSR count). The number of carbonyl (C=O) groups excluding carboxylic acids is 1. The molecular formula is C50H70N4O16S4. The minimum Gasteiger partial charge on any atom is -0.379 e. The van der Waals surface area contributed by atoms with Gasteiger partial charge in [0.25, 0.3) is 40.5 Å². The third-order valence-corrected chi connectivity index (χ3v) is 17.6. The summed E-state index contributed by atoms with van der Waals surface area (Å²) >= 11 is 0. The number of benzene rings is 4. The van der Waals surface area contributed by atoms with Gasteiger partial charge in [0.2, 0.25) is 5.91 Å². The van der Waals surface area contributed by atoms with Gasteiger partial charge in [0, 0.05) is 84.3 Å². The lowest BCUT2D eigenvalue weighted by Gasteiger charge is -2.35. The van der Waals surface area contributed by atoms with E-state index in [1.54, 1.807) is 12.1 Å². The Morgan fingerprint density at radius 2 is 1.11 bits per heavy atom. The first kappa shape index (κ1) is 58.9. The minimum atomic E-state index is -4.95. The number of hydrogen-bond donors (Lipinski definition) is 6. The van der Waals surface area contributed by atoms with E-state index in [-0.39, 0.29) is 46.0 Å². The van der Waals surface area contributed by atoms with Gasteiger partial charge in [-0.2, -0.15) is 33.7 Å². The predicted molar refractivity (Wildman–Crippen MR) is 282 cm³/mol. The van der Waals surface area contributed by atoms with E-state index in [0.29, 0.717) is 121 Å². The van der Waals surface area contributed by atoms with E-state index in [1.165, 1.54) is 24.3 Å². The van der Waals surface area contributed by atoms with Crippen LogP contribution < -0.4 is 20.9 Å². The Labute approximate surface area is 435 Å². The van der Waals surface area contributed by atoms with E-state index in [0.717, 1.165) is 24.2 Å². The standard InChI is InChI=1S/C50H70N4O16S4/c1-6-53-40-19-17-36-38(30-34(71(56,57)58)32-42(36)73(62,63)64)47(40)49(2,3)44(53)14-8-7-9-15-45-50(4,5)48-39-31-35(72(59,60)61)33-43(74(65,66)67)37(39)18-20-41(48)54(45)23-11-10-16-46(55)52-22-13-25-69-27-29-70-28-26-68-24-12-21-51/h7,9,17-20,30-33,44-45H,6,8,10-16,21-29,51H2,1-5H3,(H,52,55)(H,56,57,58)(H,59,60,61)(H,62,63,64)(H,65,66,67)/b9-7-. The molecule has 0 saturated heterocycles. The number of amides is 1. The molecule has 24 heteroatoms. The van der Waals surface area contributed by atoms with E-state index in [1.807, 2.05) is 46.8 Å². The number of fused-ring (bicyclic) bond motifs is 6. The second kappa shape index (κ2) is 23.9. The normalized spacial score (nSPS) is 17.7. The van der Waals surface area contributed by atoms with Gasteiger partial charge in [-0.1, -0.05) is 52.0 Å². The zero-order valence-corrected chi connectivity index (χ0v) is 45.7. The topological polar surface area (TPSA) is 307 Å². The first-order valence-electron chi connectivity index (χ1n) is 24.7. The van der Waals surface area contributed by atoms with Crippen LogP contribution in [0.3, 0.4) is 0 Å². The lowest BCUT2D eigenvalue weighted by molar-refractivity contribution is -0.121. The second-order valence-electron chi connectivity index (χ2n) is 19.7. The highest BCUT2D eigenvalue weighted by atomic mass is 32.2. The second-order valence-corrected chi connectivity index (χ2v) is 25.4. The fourth-order valence-corrected chi connectivity index (χ4v) is 13.4. The molecule has 0 saturated carbocycles. The maximum Gasteiger partial charge on any atom is 0.295 e. The van der Waals surface area contributed by atoms with Crippen molar-refractivity contribution in [2.24, 2.45) is 5.73 Å². The summed E-state index contributed by atoms with van der Waals surface area (Å²) in [6, 6.07) is 10.0. The third kappa shape index (κ3) is 13.4. The molecule has 20 nitrogen and oxygen atoms in total. The Kier molecular flexibility index (Phi) is 19.1. The number of nitrogens with one attached hydrogen (secondary N) is 1. The number of allylic oxidation sites excluding steroid dienone is 1. The maximum absolute atomic E-state index is 12.9. The van der Waals surface area contributed by atoms with E-state index in [2.05, 4.69) is 15.1 Å². The van der Waals surface area contributed by atoms with Crippen LogP contribution in [0.2, 0.25) is 0 Å². The lowest BCUT2D eigenvalue weighted by Crippen LogP contribution is -2.42. The quantitative estimate of drug-likeness (QED) is 0.0203. The van der Waals surface area contributed by atoms with Gasteiger partial charge in [-0.05, 0) is 117 Å². The number of anilines is 2. The molecule has 4 aromatic carbocycles. The minimum absolute atomic E-state index is 0.0786. The van der Waals surface area contributed by atoms with Crippen LogP contribution in [0.4, 0.5) is 11.4 Å². The summed E-state index contributed by atoms with van der Waals surface area (Å²) in [6.45, 7) is 14.8. The number of likely N-dealkylation sites (N-methyl/N-ethyl adjacent to an activating group) is 1. The van der Waals surface area contributed by atoms with E-state index < -0.39 is 70.9 Å². The molecule has 0 spiro atoms. The highest BCUT2D eigenvalue weighted by Crippen LogP contribution is 2.52. The Balaban J connectivity index is 1.17. The fourth-order valence-electron chi connectivity index (χ4n) is 10.7. The van der Waals surface area contributed by atoms with Gasteiger partial charge in [-0.3, -0.25) is 23.0 Å². The van der Waals surface area contributed by atoms with Crippen LogP contribution in [0.25, 0.3) is 21.5 Å². The summed E-state index contributed by atoms with van der Waals surface area (Å²) in [7, 11) is -19.6. The summed E-state index contributed by atoms with van der Waals surface area (Å²) in [5.74, 6) is -0.111. The highest BCUT2D eigenvalue weighted by molar-refractivity contribution is 7.87.